The van der Waals surface area contributed by atoms with Crippen LogP contribution in [0.25, 0.3) is 0 Å². The second-order valence-corrected chi connectivity index (χ2v) is 10.1. The minimum atomic E-state index is -0.562. The molecule has 0 aliphatic carbocycles. The molecule has 23 heavy (non-hydrogen) atoms. The average Bonchev–Trinajstić information content (AvgIpc) is 2.37. The lowest BCUT2D eigenvalue weighted by atomic mass is 10.4. The van der Waals surface area contributed by atoms with Gasteiger partial charge in [-0.15, -0.1) is 7.26 Å². The molecule has 0 heterocycles. The van der Waals surface area contributed by atoms with Crippen LogP contribution in [-0.2, 0) is 0 Å². The summed E-state index contributed by atoms with van der Waals surface area (Å²) in [6, 6.07) is 0. The van der Waals surface area contributed by atoms with E-state index in [1.165, 1.54) is 51.4 Å². The fraction of sp³-hybridized carbons (Fsp3) is 1.00. The monoisotopic (exact) mass is 379 g/mol. The Morgan fingerprint density at radius 3 is 0.696 bits per heavy atom. The number of hydrogen-bond acceptors (Lipinski definition) is 0. The van der Waals surface area contributed by atoms with Gasteiger partial charge in [-0.3, -0.25) is 28.2 Å². The molecule has 1 radical (unpaired) electrons. The first-order chi connectivity index (χ1) is 8.24. The van der Waals surface area contributed by atoms with Gasteiger partial charge in [-0.2, -0.15) is 0 Å². The maximum atomic E-state index is 2.36. The van der Waals surface area contributed by atoms with E-state index in [0.29, 0.717) is 0 Å². The van der Waals surface area contributed by atoms with E-state index in [4.69, 9.17) is 0 Å². The van der Waals surface area contributed by atoms with E-state index in [0.717, 1.165) is 0 Å². The van der Waals surface area contributed by atoms with Crippen LogP contribution in [0.1, 0.15) is 79.1 Å². The van der Waals surface area contributed by atoms with Gasteiger partial charge in [-0.1, -0.05) is 53.4 Å². The molecule has 0 aromatic carbocycles. The van der Waals surface area contributed by atoms with Crippen molar-refractivity contribution in [2.75, 3.05) is 24.6 Å². The molecule has 153 valence electrons. The van der Waals surface area contributed by atoms with Crippen molar-refractivity contribution in [3.63, 3.8) is 0 Å². The van der Waals surface area contributed by atoms with Gasteiger partial charge in [0.1, 0.15) is 0 Å². The van der Waals surface area contributed by atoms with Crippen molar-refractivity contribution in [2.24, 2.45) is 0 Å². The second kappa shape index (κ2) is 30.0. The first-order valence-electron chi connectivity index (χ1n) is 8.09. The summed E-state index contributed by atoms with van der Waals surface area (Å²) in [7, 11) is -0.562. The predicted octanol–water partition coefficient (Wildman–Crippen LogP) is 7.12. The Kier molecular flexibility index (Phi) is 56.6. The van der Waals surface area contributed by atoms with Gasteiger partial charge in [-0.25, -0.2) is 0 Å². The normalized spacial score (nSPS) is 8.87. The predicted molar refractivity (Wildman–Crippen MR) is 101 cm³/mol. The molecule has 0 aliphatic heterocycles. The zero-order chi connectivity index (χ0) is 13.0. The van der Waals surface area contributed by atoms with Gasteiger partial charge in [0.2, 0.25) is 0 Å². The van der Waals surface area contributed by atoms with E-state index in [9.17, 15) is 0 Å². The highest BCUT2D eigenvalue weighted by atomic mass is 31.2. The Morgan fingerprint density at radius 2 is 0.565 bits per heavy atom. The maximum Gasteiger partial charge on any atom is -0.0359 e. The van der Waals surface area contributed by atoms with Crippen molar-refractivity contribution in [1.82, 2.24) is 0 Å². The molecule has 0 N–H and O–H groups in total. The summed E-state index contributed by atoms with van der Waals surface area (Å²) in [5.74, 6) is 0. The first kappa shape index (κ1) is 43.5. The lowest BCUT2D eigenvalue weighted by Crippen LogP contribution is -2.12. The van der Waals surface area contributed by atoms with Crippen molar-refractivity contribution >= 4 is 7.26 Å². The third-order valence-electron chi connectivity index (χ3n) is 3.94. The van der Waals surface area contributed by atoms with Gasteiger partial charge in [-0.05, 0) is 50.3 Å². The van der Waals surface area contributed by atoms with Gasteiger partial charge >= 0.3 is 0 Å². The average molecular weight is 379 g/mol. The zero-order valence-electron chi connectivity index (χ0n) is 15.4. The molecule has 0 fully saturated rings. The SMILES string of the molecule is CCCC[P](CCCC)(CCCC)CCCC.F.F.F.F.F.F. The van der Waals surface area contributed by atoms with E-state index in [-0.39, 0.29) is 28.2 Å². The van der Waals surface area contributed by atoms with Crippen LogP contribution in [0.15, 0.2) is 0 Å². The van der Waals surface area contributed by atoms with E-state index in [2.05, 4.69) is 27.7 Å². The van der Waals surface area contributed by atoms with Gasteiger partial charge in [0.25, 0.3) is 0 Å². The third-order valence-corrected chi connectivity index (χ3v) is 9.00. The van der Waals surface area contributed by atoms with Gasteiger partial charge in [0.15, 0.2) is 0 Å². The molecule has 0 rings (SSSR count). The van der Waals surface area contributed by atoms with E-state index in [1.807, 2.05) is 0 Å². The lowest BCUT2D eigenvalue weighted by Gasteiger charge is -2.37. The van der Waals surface area contributed by atoms with Crippen molar-refractivity contribution in [3.05, 3.63) is 0 Å². The van der Waals surface area contributed by atoms with Crippen LogP contribution >= 0.6 is 7.26 Å². The minimum Gasteiger partial charge on any atom is -0.269 e. The van der Waals surface area contributed by atoms with E-state index < -0.39 is 7.26 Å². The highest BCUT2D eigenvalue weighted by Gasteiger charge is 2.24. The number of hydrogen-bond donors (Lipinski definition) is 0. The molecule has 0 spiro atoms. The van der Waals surface area contributed by atoms with Crippen LogP contribution in [0.5, 0.6) is 0 Å². The maximum absolute atomic E-state index is 2.36. The summed E-state index contributed by atoms with van der Waals surface area (Å²) in [6.45, 7) is 9.42. The molecular weight excluding hydrogens is 337 g/mol. The highest BCUT2D eigenvalue weighted by Crippen LogP contribution is 2.61. The largest absolute Gasteiger partial charge is 0.269 e. The Hall–Kier alpha value is 0.01000. The summed E-state index contributed by atoms with van der Waals surface area (Å²) < 4.78 is 0. The summed E-state index contributed by atoms with van der Waals surface area (Å²) in [5.41, 5.74) is 0. The number of rotatable bonds is 12. The topological polar surface area (TPSA) is 0 Å². The lowest BCUT2D eigenvalue weighted by molar-refractivity contribution is 0.814. The van der Waals surface area contributed by atoms with Crippen LogP contribution in [0.2, 0.25) is 0 Å². The molecule has 0 amide bonds. The van der Waals surface area contributed by atoms with Crippen LogP contribution in [0.3, 0.4) is 0 Å². The van der Waals surface area contributed by atoms with Crippen molar-refractivity contribution in [2.45, 2.75) is 79.1 Å². The third kappa shape index (κ3) is 22.0. The van der Waals surface area contributed by atoms with Crippen molar-refractivity contribution < 1.29 is 28.2 Å². The molecule has 0 aromatic rings. The van der Waals surface area contributed by atoms with Crippen LogP contribution in [0.4, 0.5) is 28.2 Å². The highest BCUT2D eigenvalue weighted by molar-refractivity contribution is 7.75. The van der Waals surface area contributed by atoms with Crippen LogP contribution < -0.4 is 0 Å². The Morgan fingerprint density at radius 1 is 0.391 bits per heavy atom. The molecule has 0 aromatic heterocycles. The van der Waals surface area contributed by atoms with Crippen LogP contribution in [0, 0.1) is 0 Å². The summed E-state index contributed by atoms with van der Waals surface area (Å²) in [6.07, 6.45) is 17.9. The second-order valence-electron chi connectivity index (χ2n) is 5.65. The molecule has 0 aliphatic rings. The smallest absolute Gasteiger partial charge is 0.0359 e. The molecule has 0 saturated carbocycles. The van der Waals surface area contributed by atoms with Gasteiger partial charge in [0.05, 0.1) is 0 Å². The number of unbranched alkanes of at least 4 members (excludes halogenated alkanes) is 4. The van der Waals surface area contributed by atoms with Crippen LogP contribution in [-0.4, -0.2) is 24.6 Å². The quantitative estimate of drug-likeness (QED) is 0.250. The molecule has 0 bridgehead atoms. The fourth-order valence-electron chi connectivity index (χ4n) is 2.64. The Bertz CT molecular complexity index is 135. The molecule has 0 atom stereocenters. The van der Waals surface area contributed by atoms with Gasteiger partial charge < -0.3 is 0 Å². The molecule has 7 heteroatoms. The van der Waals surface area contributed by atoms with Crippen molar-refractivity contribution in [3.8, 4) is 0 Å². The fourth-order valence-corrected chi connectivity index (χ4v) is 7.93. The van der Waals surface area contributed by atoms with Gasteiger partial charge in [0, 0.05) is 0 Å². The molecular formula is C16H42F6P. The Labute approximate surface area is 140 Å². The molecule has 0 nitrogen and oxygen atoms in total. The van der Waals surface area contributed by atoms with Crippen molar-refractivity contribution in [1.29, 1.82) is 0 Å². The molecule has 0 saturated heterocycles. The minimum absolute atomic E-state index is 0. The zero-order valence-corrected chi connectivity index (χ0v) is 16.3. The number of halogens is 6. The summed E-state index contributed by atoms with van der Waals surface area (Å²) in [4.78, 5) is 0. The Balaban J connectivity index is -0.0000000853. The van der Waals surface area contributed by atoms with E-state index in [1.54, 1.807) is 24.6 Å². The summed E-state index contributed by atoms with van der Waals surface area (Å²) >= 11 is 0. The summed E-state index contributed by atoms with van der Waals surface area (Å²) in [5, 5.41) is 0. The van der Waals surface area contributed by atoms with E-state index >= 15 is 0 Å². The standard InChI is InChI=1S/C16H36P.6FH/c1-5-9-13-17(14-10-6-2,15-11-7-3)16-12-8-4;;;;;;/h5-16H2,1-4H3;6*1H. The molecule has 0 unspecified atom stereocenters. The first-order valence-corrected chi connectivity index (χ1v) is 10.6.